The predicted molar refractivity (Wildman–Crippen MR) is 114 cm³/mol. The molecule has 2 amide bonds. The van der Waals surface area contributed by atoms with Gasteiger partial charge in [0, 0.05) is 17.0 Å². The summed E-state index contributed by atoms with van der Waals surface area (Å²) in [5.74, 6) is -0.818. The van der Waals surface area contributed by atoms with Crippen LogP contribution in [0.4, 0.5) is 4.39 Å². The molecule has 1 fully saturated rings. The Labute approximate surface area is 183 Å². The number of hydrogen-bond acceptors (Lipinski definition) is 6. The number of nitrogens with one attached hydrogen (secondary N) is 1. The lowest BCUT2D eigenvalue weighted by molar-refractivity contribution is -0.130. The van der Waals surface area contributed by atoms with E-state index in [4.69, 9.17) is 4.52 Å². The van der Waals surface area contributed by atoms with E-state index in [9.17, 15) is 14.0 Å². The van der Waals surface area contributed by atoms with Gasteiger partial charge >= 0.3 is 0 Å². The molecule has 1 saturated heterocycles. The molecule has 0 saturated carbocycles. The Balaban J connectivity index is 1.63. The second-order valence-corrected chi connectivity index (χ2v) is 9.01. The molecule has 2 atom stereocenters. The minimum Gasteiger partial charge on any atom is -0.345 e. The summed E-state index contributed by atoms with van der Waals surface area (Å²) >= 11 is 1.55. The topological polar surface area (TPSA) is 88.3 Å². The molecule has 0 radical (unpaired) electrons. The quantitative estimate of drug-likeness (QED) is 0.646. The van der Waals surface area contributed by atoms with Crippen molar-refractivity contribution in [2.75, 3.05) is 6.54 Å². The Bertz CT molecular complexity index is 1090. The third-order valence-corrected chi connectivity index (χ3v) is 6.39. The van der Waals surface area contributed by atoms with Crippen LogP contribution in [0.2, 0.25) is 0 Å². The molecule has 3 aromatic rings. The molecule has 2 aromatic heterocycles. The van der Waals surface area contributed by atoms with Crippen LogP contribution in [0.15, 0.2) is 40.2 Å². The first-order chi connectivity index (χ1) is 14.8. The van der Waals surface area contributed by atoms with E-state index in [1.807, 2.05) is 32.2 Å². The van der Waals surface area contributed by atoms with Gasteiger partial charge in [0.15, 0.2) is 0 Å². The number of halogens is 1. The maximum absolute atomic E-state index is 13.3. The minimum absolute atomic E-state index is 0.121. The number of nitrogens with zero attached hydrogens (tertiary/aromatic N) is 3. The van der Waals surface area contributed by atoms with Crippen molar-refractivity contribution < 1.29 is 18.5 Å². The largest absolute Gasteiger partial charge is 0.345 e. The van der Waals surface area contributed by atoms with Crippen LogP contribution in [-0.2, 0) is 4.79 Å². The molecule has 7 nitrogen and oxygen atoms in total. The van der Waals surface area contributed by atoms with Crippen molar-refractivity contribution in [2.45, 2.75) is 39.3 Å². The van der Waals surface area contributed by atoms with Crippen LogP contribution in [-0.4, -0.2) is 39.4 Å². The summed E-state index contributed by atoms with van der Waals surface area (Å²) in [6, 6.07) is 6.66. The molecular formula is C22H23FN4O3S. The molecule has 2 unspecified atom stereocenters. The number of thiophene rings is 1. The van der Waals surface area contributed by atoms with Crippen LogP contribution >= 0.6 is 11.3 Å². The molecule has 0 bridgehead atoms. The van der Waals surface area contributed by atoms with Gasteiger partial charge in [0.1, 0.15) is 11.9 Å². The van der Waals surface area contributed by atoms with Crippen molar-refractivity contribution in [3.63, 3.8) is 0 Å². The van der Waals surface area contributed by atoms with Crippen molar-refractivity contribution >= 4 is 23.2 Å². The number of carbonyl (C=O) groups is 2. The van der Waals surface area contributed by atoms with Gasteiger partial charge < -0.3 is 14.7 Å². The third kappa shape index (κ3) is 4.36. The molecule has 1 aromatic carbocycles. The molecule has 3 heterocycles. The van der Waals surface area contributed by atoms with E-state index in [1.165, 1.54) is 24.3 Å². The highest BCUT2D eigenvalue weighted by Gasteiger charge is 2.40. The average Bonchev–Trinajstić information content (AvgIpc) is 3.38. The highest BCUT2D eigenvalue weighted by atomic mass is 32.1. The maximum atomic E-state index is 13.3. The van der Waals surface area contributed by atoms with Crippen LogP contribution < -0.4 is 5.32 Å². The number of aryl methyl sites for hydroxylation is 1. The van der Waals surface area contributed by atoms with Gasteiger partial charge in [0.25, 0.3) is 17.6 Å². The second kappa shape index (κ2) is 8.58. The zero-order chi connectivity index (χ0) is 22.1. The third-order valence-electron chi connectivity index (χ3n) is 5.26. The molecule has 0 spiro atoms. The Kier molecular flexibility index (Phi) is 5.86. The van der Waals surface area contributed by atoms with Crippen LogP contribution in [0.25, 0.3) is 11.5 Å². The Morgan fingerprint density at radius 2 is 2.06 bits per heavy atom. The number of rotatable bonds is 5. The van der Waals surface area contributed by atoms with E-state index < -0.39 is 11.9 Å². The number of amides is 2. The molecule has 0 aliphatic carbocycles. The zero-order valence-corrected chi connectivity index (χ0v) is 18.3. The van der Waals surface area contributed by atoms with Crippen molar-refractivity contribution in [1.29, 1.82) is 0 Å². The molecule has 4 rings (SSSR count). The zero-order valence-electron chi connectivity index (χ0n) is 17.5. The number of carbonyl (C=O) groups excluding carboxylic acids is 2. The number of aromatic nitrogens is 2. The number of piperazine rings is 1. The van der Waals surface area contributed by atoms with Gasteiger partial charge in [-0.3, -0.25) is 9.59 Å². The Morgan fingerprint density at radius 1 is 1.32 bits per heavy atom. The molecule has 1 aliphatic rings. The normalized spacial score (nSPS) is 19.0. The van der Waals surface area contributed by atoms with Gasteiger partial charge in [-0.1, -0.05) is 19.0 Å². The maximum Gasteiger partial charge on any atom is 0.296 e. The van der Waals surface area contributed by atoms with E-state index in [1.54, 1.807) is 16.2 Å². The van der Waals surface area contributed by atoms with Crippen molar-refractivity contribution in [2.24, 2.45) is 5.92 Å². The van der Waals surface area contributed by atoms with E-state index >= 15 is 0 Å². The van der Waals surface area contributed by atoms with Crippen LogP contribution in [0.5, 0.6) is 0 Å². The molecule has 31 heavy (non-hydrogen) atoms. The first kappa shape index (κ1) is 21.2. The lowest BCUT2D eigenvalue weighted by Crippen LogP contribution is -2.58. The fraction of sp³-hybridized carbons (Fsp3) is 0.364. The smallest absolute Gasteiger partial charge is 0.296 e. The Morgan fingerprint density at radius 3 is 2.71 bits per heavy atom. The summed E-state index contributed by atoms with van der Waals surface area (Å²) in [5, 5.41) is 8.87. The first-order valence-corrected chi connectivity index (χ1v) is 11.0. The van der Waals surface area contributed by atoms with Gasteiger partial charge in [0.05, 0.1) is 6.04 Å². The lowest BCUT2D eigenvalue weighted by Gasteiger charge is -2.39. The standard InChI is InChI=1S/C22H23FN4O3S/c1-12(2)10-17-20(28)24-16(18-13(3)8-9-31-18)11-27(17)22(29)19-25-21(30-26-19)14-4-6-15(23)7-5-14/h4-9,12,16-17H,10-11H2,1-3H3,(H,24,28). The highest BCUT2D eigenvalue weighted by Crippen LogP contribution is 2.30. The molecule has 9 heteroatoms. The first-order valence-electron chi connectivity index (χ1n) is 10.1. The Hall–Kier alpha value is -3.07. The van der Waals surface area contributed by atoms with Crippen LogP contribution in [0, 0.1) is 18.7 Å². The van der Waals surface area contributed by atoms with E-state index in [-0.39, 0.29) is 35.4 Å². The number of benzene rings is 1. The van der Waals surface area contributed by atoms with E-state index in [0.29, 0.717) is 18.5 Å². The van der Waals surface area contributed by atoms with Crippen molar-refractivity contribution in [1.82, 2.24) is 20.4 Å². The van der Waals surface area contributed by atoms with Crippen LogP contribution in [0.3, 0.4) is 0 Å². The number of hydrogen-bond donors (Lipinski definition) is 1. The SMILES string of the molecule is Cc1ccsc1C1CN(C(=O)c2noc(-c3ccc(F)cc3)n2)C(CC(C)C)C(=O)N1. The summed E-state index contributed by atoms with van der Waals surface area (Å²) in [6.07, 6.45) is 0.524. The van der Waals surface area contributed by atoms with E-state index in [2.05, 4.69) is 15.5 Å². The molecule has 1 aliphatic heterocycles. The highest BCUT2D eigenvalue weighted by molar-refractivity contribution is 7.10. The van der Waals surface area contributed by atoms with Crippen molar-refractivity contribution in [3.8, 4) is 11.5 Å². The van der Waals surface area contributed by atoms with Gasteiger partial charge in [-0.15, -0.1) is 11.3 Å². The summed E-state index contributed by atoms with van der Waals surface area (Å²) in [7, 11) is 0. The van der Waals surface area contributed by atoms with Gasteiger partial charge in [-0.05, 0) is 60.5 Å². The summed E-state index contributed by atoms with van der Waals surface area (Å²) in [6.45, 7) is 6.32. The average molecular weight is 443 g/mol. The van der Waals surface area contributed by atoms with Gasteiger partial charge in [-0.2, -0.15) is 4.98 Å². The van der Waals surface area contributed by atoms with Crippen LogP contribution in [0.1, 0.15) is 47.4 Å². The van der Waals surface area contributed by atoms with Gasteiger partial charge in [0.2, 0.25) is 5.91 Å². The molecule has 1 N–H and O–H groups in total. The molecular weight excluding hydrogens is 419 g/mol. The second-order valence-electron chi connectivity index (χ2n) is 8.06. The fourth-order valence-electron chi connectivity index (χ4n) is 3.72. The van der Waals surface area contributed by atoms with Gasteiger partial charge in [-0.25, -0.2) is 4.39 Å². The fourth-order valence-corrected chi connectivity index (χ4v) is 4.69. The lowest BCUT2D eigenvalue weighted by atomic mass is 9.97. The van der Waals surface area contributed by atoms with E-state index in [0.717, 1.165) is 10.4 Å². The summed E-state index contributed by atoms with van der Waals surface area (Å²) in [5.41, 5.74) is 1.58. The minimum atomic E-state index is -0.614. The summed E-state index contributed by atoms with van der Waals surface area (Å²) in [4.78, 5) is 33.1. The van der Waals surface area contributed by atoms with Crippen molar-refractivity contribution in [3.05, 3.63) is 57.8 Å². The summed E-state index contributed by atoms with van der Waals surface area (Å²) < 4.78 is 18.4. The monoisotopic (exact) mass is 442 g/mol. The molecule has 162 valence electrons. The predicted octanol–water partition coefficient (Wildman–Crippen LogP) is 3.97.